The summed E-state index contributed by atoms with van der Waals surface area (Å²) in [5.74, 6) is -0.853. The van der Waals surface area contributed by atoms with E-state index in [1.165, 1.54) is 18.2 Å². The Balaban J connectivity index is 2.83. The van der Waals surface area contributed by atoms with Gasteiger partial charge in [0.05, 0.1) is 11.5 Å². The van der Waals surface area contributed by atoms with Crippen LogP contribution in [0.4, 0.5) is 0 Å². The lowest BCUT2D eigenvalue weighted by molar-refractivity contribution is -0.137. The Bertz CT molecular complexity index is 935. The molecule has 34 heavy (non-hydrogen) atoms. The van der Waals surface area contributed by atoms with Gasteiger partial charge in [-0.15, -0.1) is 0 Å². The molecule has 0 radical (unpaired) electrons. The zero-order valence-electron chi connectivity index (χ0n) is 21.9. The second kappa shape index (κ2) is 13.1. The first-order chi connectivity index (χ1) is 15.6. The van der Waals surface area contributed by atoms with Crippen LogP contribution in [0.3, 0.4) is 0 Å². The third kappa shape index (κ3) is 11.4. The number of rotatable bonds is 14. The van der Waals surface area contributed by atoms with Crippen molar-refractivity contribution in [3.8, 4) is 0 Å². The van der Waals surface area contributed by atoms with E-state index in [9.17, 15) is 13.2 Å². The summed E-state index contributed by atoms with van der Waals surface area (Å²) in [5, 5.41) is 0. The van der Waals surface area contributed by atoms with Gasteiger partial charge in [-0.1, -0.05) is 24.3 Å². The summed E-state index contributed by atoms with van der Waals surface area (Å²) < 4.78 is 43.8. The Hall–Kier alpha value is -1.38. The van der Waals surface area contributed by atoms with Crippen molar-refractivity contribution in [3.63, 3.8) is 0 Å². The lowest BCUT2D eigenvalue weighted by Crippen LogP contribution is -2.52. The van der Waals surface area contributed by atoms with Crippen molar-refractivity contribution in [3.05, 3.63) is 41.3 Å². The normalized spacial score (nSPS) is 13.9. The molecule has 11 heteroatoms. The van der Waals surface area contributed by atoms with E-state index >= 15 is 0 Å². The minimum absolute atomic E-state index is 0.0558. The molecule has 0 saturated heterocycles. The highest BCUT2D eigenvalue weighted by Gasteiger charge is 2.39. The van der Waals surface area contributed by atoms with E-state index in [4.69, 9.17) is 13.0 Å². The van der Waals surface area contributed by atoms with Crippen molar-refractivity contribution in [1.29, 1.82) is 0 Å². The SMILES string of the molecule is CCOC(=O)C(=CCC=NCCC[Si](C)(O[Si](C)(C)C)O[Si](C)(C)C)S(=O)(=O)c1ccccc1. The van der Waals surface area contributed by atoms with Crippen LogP contribution in [0.15, 0.2) is 51.2 Å². The molecule has 0 aliphatic heterocycles. The van der Waals surface area contributed by atoms with Crippen LogP contribution in [0.5, 0.6) is 0 Å². The molecule has 0 N–H and O–H groups in total. The topological polar surface area (TPSA) is 91.3 Å². The number of benzene rings is 1. The van der Waals surface area contributed by atoms with E-state index in [-0.39, 0.29) is 22.8 Å². The lowest BCUT2D eigenvalue weighted by atomic mass is 10.4. The number of sulfone groups is 1. The van der Waals surface area contributed by atoms with Crippen molar-refractivity contribution in [2.75, 3.05) is 13.2 Å². The van der Waals surface area contributed by atoms with E-state index in [1.807, 2.05) is 0 Å². The van der Waals surface area contributed by atoms with Crippen LogP contribution in [0.2, 0.25) is 51.9 Å². The minimum Gasteiger partial charge on any atom is -0.462 e. The van der Waals surface area contributed by atoms with Crippen LogP contribution in [-0.2, 0) is 27.6 Å². The summed E-state index contributed by atoms with van der Waals surface area (Å²) in [6, 6.07) is 8.73. The first-order valence-corrected chi connectivity index (χ1v) is 22.5. The van der Waals surface area contributed by atoms with Gasteiger partial charge in [-0.3, -0.25) is 4.99 Å². The Morgan fingerprint density at radius 1 is 0.971 bits per heavy atom. The number of hydrogen-bond donors (Lipinski definition) is 0. The van der Waals surface area contributed by atoms with Crippen LogP contribution in [0, 0.1) is 0 Å². The number of ether oxygens (including phenoxy) is 1. The van der Waals surface area contributed by atoms with Gasteiger partial charge in [-0.05, 0) is 77.4 Å². The van der Waals surface area contributed by atoms with Crippen LogP contribution in [-0.4, -0.2) is 58.9 Å². The summed E-state index contributed by atoms with van der Waals surface area (Å²) in [5.41, 5.74) is 0. The Kier molecular flexibility index (Phi) is 11.8. The zero-order valence-corrected chi connectivity index (χ0v) is 25.7. The van der Waals surface area contributed by atoms with E-state index in [0.29, 0.717) is 6.54 Å². The minimum atomic E-state index is -3.97. The molecule has 0 aliphatic rings. The van der Waals surface area contributed by atoms with Gasteiger partial charge in [-0.25, -0.2) is 13.2 Å². The molecule has 0 heterocycles. The summed E-state index contributed by atoms with van der Waals surface area (Å²) in [6.07, 6.45) is 4.04. The van der Waals surface area contributed by atoms with Crippen LogP contribution in [0.25, 0.3) is 0 Å². The third-order valence-electron chi connectivity index (χ3n) is 4.32. The first kappa shape index (κ1) is 30.7. The maximum absolute atomic E-state index is 12.9. The molecule has 1 aromatic rings. The highest BCUT2D eigenvalue weighted by atomic mass is 32.2. The van der Waals surface area contributed by atoms with Crippen LogP contribution < -0.4 is 0 Å². The number of carbonyl (C=O) groups excluding carboxylic acids is 1. The quantitative estimate of drug-likeness (QED) is 0.101. The molecule has 1 rings (SSSR count). The Morgan fingerprint density at radius 2 is 1.53 bits per heavy atom. The predicted molar refractivity (Wildman–Crippen MR) is 146 cm³/mol. The standard InChI is InChI=1S/C23H41NO6SSi3/c1-9-28-23(25)22(31(26,27)21-15-11-10-12-16-21)17-13-18-24-19-14-20-34(8,29-32(2,3)4)30-33(5,6)7/h10-12,15-18H,9,13-14,19-20H2,1-8H3. The number of esters is 1. The zero-order chi connectivity index (χ0) is 26.0. The van der Waals surface area contributed by atoms with Crippen LogP contribution >= 0.6 is 0 Å². The van der Waals surface area contributed by atoms with E-state index in [0.717, 1.165) is 12.5 Å². The maximum atomic E-state index is 12.9. The van der Waals surface area contributed by atoms with Gasteiger partial charge in [-0.2, -0.15) is 0 Å². The van der Waals surface area contributed by atoms with Gasteiger partial charge in [0.15, 0.2) is 21.5 Å². The van der Waals surface area contributed by atoms with Crippen molar-refractivity contribution in [2.45, 2.75) is 76.5 Å². The summed E-state index contributed by atoms with van der Waals surface area (Å²) >= 11 is 0. The average Bonchev–Trinajstić information content (AvgIpc) is 2.67. The molecule has 0 saturated carbocycles. The monoisotopic (exact) mass is 543 g/mol. The summed E-state index contributed by atoms with van der Waals surface area (Å²) in [4.78, 5) is 16.4. The second-order valence-corrected chi connectivity index (χ2v) is 24.9. The van der Waals surface area contributed by atoms with Crippen molar-refractivity contribution in [1.82, 2.24) is 0 Å². The van der Waals surface area contributed by atoms with Gasteiger partial charge in [0.1, 0.15) is 0 Å². The molecule has 0 amide bonds. The molecule has 0 bridgehead atoms. The molecule has 1 aromatic carbocycles. The highest BCUT2D eigenvalue weighted by Crippen LogP contribution is 2.25. The molecule has 0 unspecified atom stereocenters. The Labute approximate surface area is 209 Å². The fourth-order valence-electron chi connectivity index (χ4n) is 3.47. The van der Waals surface area contributed by atoms with Crippen molar-refractivity contribution < 1.29 is 26.2 Å². The highest BCUT2D eigenvalue weighted by molar-refractivity contribution is 7.96. The second-order valence-electron chi connectivity index (χ2n) is 10.1. The van der Waals surface area contributed by atoms with Crippen LogP contribution in [0.1, 0.15) is 19.8 Å². The van der Waals surface area contributed by atoms with Crippen molar-refractivity contribution >= 4 is 47.2 Å². The Morgan fingerprint density at radius 3 is 2.03 bits per heavy atom. The smallest absolute Gasteiger partial charge is 0.349 e. The molecule has 192 valence electrons. The number of aliphatic imine (C=N–C) groups is 1. The fraction of sp³-hybridized carbons (Fsp3) is 0.565. The van der Waals surface area contributed by atoms with Gasteiger partial charge in [0, 0.05) is 19.2 Å². The summed E-state index contributed by atoms with van der Waals surface area (Å²) in [6.45, 7) is 17.6. The van der Waals surface area contributed by atoms with Gasteiger partial charge in [0.25, 0.3) is 0 Å². The molecule has 0 atom stereocenters. The molecule has 0 spiro atoms. The van der Waals surface area contributed by atoms with E-state index in [2.05, 4.69) is 50.8 Å². The van der Waals surface area contributed by atoms with Gasteiger partial charge >= 0.3 is 14.5 Å². The molecule has 7 nitrogen and oxygen atoms in total. The first-order valence-electron chi connectivity index (χ1n) is 11.7. The number of hydrogen-bond acceptors (Lipinski definition) is 7. The maximum Gasteiger partial charge on any atom is 0.349 e. The third-order valence-corrected chi connectivity index (χ3v) is 15.7. The number of carbonyl (C=O) groups is 1. The van der Waals surface area contributed by atoms with Gasteiger partial charge < -0.3 is 13.0 Å². The number of nitrogens with zero attached hydrogens (tertiary/aromatic N) is 1. The molecule has 0 aliphatic carbocycles. The average molecular weight is 544 g/mol. The lowest BCUT2D eigenvalue weighted by Gasteiger charge is -2.38. The number of allylic oxidation sites excluding steroid dienone is 1. The molecular weight excluding hydrogens is 503 g/mol. The molecule has 0 aromatic heterocycles. The molecule has 0 fully saturated rings. The summed E-state index contributed by atoms with van der Waals surface area (Å²) in [7, 11) is -9.74. The fourth-order valence-corrected chi connectivity index (χ4v) is 17.4. The van der Waals surface area contributed by atoms with E-state index in [1.54, 1.807) is 31.3 Å². The van der Waals surface area contributed by atoms with Crippen molar-refractivity contribution in [2.24, 2.45) is 4.99 Å². The van der Waals surface area contributed by atoms with E-state index < -0.39 is 41.0 Å². The molecular formula is C23H41NO6SSi3. The largest absolute Gasteiger partial charge is 0.462 e. The van der Waals surface area contributed by atoms with Gasteiger partial charge in [0.2, 0.25) is 9.84 Å². The predicted octanol–water partition coefficient (Wildman–Crippen LogP) is 5.53.